The number of hydrogen-bond donors (Lipinski definition) is 0. The molecule has 0 radical (unpaired) electrons. The predicted molar refractivity (Wildman–Crippen MR) is 58.2 cm³/mol. The molecule has 14 heavy (non-hydrogen) atoms. The van der Waals surface area contributed by atoms with Gasteiger partial charge < -0.3 is 4.84 Å². The number of oxime groups is 1. The van der Waals surface area contributed by atoms with Gasteiger partial charge in [-0.2, -0.15) is 0 Å². The van der Waals surface area contributed by atoms with Crippen LogP contribution in [0.2, 0.25) is 0 Å². The monoisotopic (exact) mass is 195 g/mol. The van der Waals surface area contributed by atoms with Crippen molar-refractivity contribution >= 4 is 5.71 Å². The van der Waals surface area contributed by atoms with Gasteiger partial charge in [0.15, 0.2) is 0 Å². The Hall–Kier alpha value is -0.530. The van der Waals surface area contributed by atoms with Crippen molar-refractivity contribution in [3.63, 3.8) is 0 Å². The predicted octanol–water partition coefficient (Wildman–Crippen LogP) is 3.08. The maximum Gasteiger partial charge on any atom is 0.138 e. The normalized spacial score (nSPS) is 43.0. The molecule has 0 saturated heterocycles. The minimum Gasteiger partial charge on any atom is -0.392 e. The van der Waals surface area contributed by atoms with E-state index in [9.17, 15) is 0 Å². The molecule has 2 aliphatic rings. The molecule has 5 atom stereocenters. The van der Waals surface area contributed by atoms with Crippen LogP contribution in [0.4, 0.5) is 0 Å². The summed E-state index contributed by atoms with van der Waals surface area (Å²) in [5.74, 6) is 2.64. The summed E-state index contributed by atoms with van der Waals surface area (Å²) >= 11 is 0. The van der Waals surface area contributed by atoms with Crippen LogP contribution in [-0.4, -0.2) is 11.8 Å². The van der Waals surface area contributed by atoms with Crippen molar-refractivity contribution in [3.05, 3.63) is 0 Å². The van der Waals surface area contributed by atoms with Crippen molar-refractivity contribution in [1.82, 2.24) is 0 Å². The Bertz CT molecular complexity index is 249. The van der Waals surface area contributed by atoms with Crippen molar-refractivity contribution < 1.29 is 4.84 Å². The van der Waals surface area contributed by atoms with Crippen LogP contribution in [0.15, 0.2) is 5.16 Å². The second kappa shape index (κ2) is 3.56. The molecule has 2 heteroatoms. The highest BCUT2D eigenvalue weighted by atomic mass is 16.6. The second-order valence-corrected chi connectivity index (χ2v) is 5.11. The van der Waals surface area contributed by atoms with E-state index >= 15 is 0 Å². The topological polar surface area (TPSA) is 21.6 Å². The number of hydrogen-bond acceptors (Lipinski definition) is 2. The summed E-state index contributed by atoms with van der Waals surface area (Å²) in [6.45, 7) is 9.12. The first kappa shape index (κ1) is 10.0. The summed E-state index contributed by atoms with van der Waals surface area (Å²) in [6, 6.07) is 0. The van der Waals surface area contributed by atoms with Crippen LogP contribution in [0.5, 0.6) is 0 Å². The van der Waals surface area contributed by atoms with Gasteiger partial charge in [-0.1, -0.05) is 32.9 Å². The molecule has 1 fully saturated rings. The molecular weight excluding hydrogens is 174 g/mol. The lowest BCUT2D eigenvalue weighted by atomic mass is 9.84. The second-order valence-electron chi connectivity index (χ2n) is 5.11. The summed E-state index contributed by atoms with van der Waals surface area (Å²) in [5.41, 5.74) is 1.33. The van der Waals surface area contributed by atoms with E-state index in [0.717, 1.165) is 5.92 Å². The maximum absolute atomic E-state index is 5.58. The Labute approximate surface area is 86.7 Å². The summed E-state index contributed by atoms with van der Waals surface area (Å²) in [5, 5.41) is 4.31. The van der Waals surface area contributed by atoms with E-state index < -0.39 is 0 Å². The van der Waals surface area contributed by atoms with Crippen LogP contribution >= 0.6 is 0 Å². The average Bonchev–Trinajstić information content (AvgIpc) is 2.69. The Balaban J connectivity index is 2.16. The van der Waals surface area contributed by atoms with Crippen LogP contribution in [0.25, 0.3) is 0 Å². The molecule has 1 aliphatic carbocycles. The van der Waals surface area contributed by atoms with Crippen LogP contribution in [0.1, 0.15) is 40.5 Å². The highest BCUT2D eigenvalue weighted by Crippen LogP contribution is 2.44. The van der Waals surface area contributed by atoms with Crippen LogP contribution in [-0.2, 0) is 4.84 Å². The van der Waals surface area contributed by atoms with Gasteiger partial charge in [0.2, 0.25) is 0 Å². The summed E-state index contributed by atoms with van der Waals surface area (Å²) < 4.78 is 0. The first-order valence-electron chi connectivity index (χ1n) is 5.88. The van der Waals surface area contributed by atoms with Gasteiger partial charge in [-0.25, -0.2) is 0 Å². The SMILES string of the molecule is CCC(C)C1=NOC2C(C)CC(C)C12. The zero-order chi connectivity index (χ0) is 10.3. The molecule has 0 N–H and O–H groups in total. The van der Waals surface area contributed by atoms with E-state index in [1.165, 1.54) is 18.6 Å². The lowest BCUT2D eigenvalue weighted by molar-refractivity contribution is 0.0448. The van der Waals surface area contributed by atoms with E-state index in [2.05, 4.69) is 32.9 Å². The minimum absolute atomic E-state index is 0.383. The molecule has 5 unspecified atom stereocenters. The Morgan fingerprint density at radius 3 is 2.79 bits per heavy atom. The van der Waals surface area contributed by atoms with Gasteiger partial charge in [0.05, 0.1) is 5.71 Å². The average molecular weight is 195 g/mol. The zero-order valence-electron chi connectivity index (χ0n) is 9.66. The van der Waals surface area contributed by atoms with Gasteiger partial charge in [0, 0.05) is 5.92 Å². The van der Waals surface area contributed by atoms with Crippen molar-refractivity contribution in [3.8, 4) is 0 Å². The smallest absolute Gasteiger partial charge is 0.138 e. The third-order valence-electron chi connectivity index (χ3n) is 4.01. The largest absolute Gasteiger partial charge is 0.392 e. The first-order chi connectivity index (χ1) is 6.65. The number of nitrogens with zero attached hydrogens (tertiary/aromatic N) is 1. The molecule has 80 valence electrons. The van der Waals surface area contributed by atoms with Crippen LogP contribution in [0, 0.1) is 23.7 Å². The standard InChI is InChI=1S/C12H21NO/c1-5-7(2)11-10-8(3)6-9(4)12(10)14-13-11/h7-10,12H,5-6H2,1-4H3. The Kier molecular flexibility index (Phi) is 2.54. The molecule has 0 bridgehead atoms. The molecule has 2 nitrogen and oxygen atoms in total. The number of rotatable bonds is 2. The van der Waals surface area contributed by atoms with Crippen molar-refractivity contribution in [2.75, 3.05) is 0 Å². The highest BCUT2D eigenvalue weighted by molar-refractivity contribution is 5.90. The fourth-order valence-corrected chi connectivity index (χ4v) is 2.98. The van der Waals surface area contributed by atoms with E-state index in [1.807, 2.05) is 0 Å². The first-order valence-corrected chi connectivity index (χ1v) is 5.88. The molecule has 0 spiro atoms. The lowest BCUT2D eigenvalue weighted by Gasteiger charge is -2.18. The molecule has 0 aromatic rings. The minimum atomic E-state index is 0.383. The number of fused-ring (bicyclic) bond motifs is 1. The Morgan fingerprint density at radius 1 is 1.43 bits per heavy atom. The lowest BCUT2D eigenvalue weighted by Crippen LogP contribution is -2.27. The molecule has 1 heterocycles. The molecular formula is C12H21NO. The molecule has 1 saturated carbocycles. The van der Waals surface area contributed by atoms with Gasteiger partial charge in [-0.05, 0) is 30.6 Å². The molecule has 2 rings (SSSR count). The summed E-state index contributed by atoms with van der Waals surface area (Å²) in [7, 11) is 0. The zero-order valence-corrected chi connectivity index (χ0v) is 9.66. The van der Waals surface area contributed by atoms with Crippen molar-refractivity contribution in [1.29, 1.82) is 0 Å². The third-order valence-corrected chi connectivity index (χ3v) is 4.01. The molecule has 0 aromatic heterocycles. The molecule has 1 aliphatic heterocycles. The maximum atomic E-state index is 5.58. The van der Waals surface area contributed by atoms with Gasteiger partial charge in [0.1, 0.15) is 6.10 Å². The van der Waals surface area contributed by atoms with Crippen LogP contribution in [0.3, 0.4) is 0 Å². The van der Waals surface area contributed by atoms with E-state index in [-0.39, 0.29) is 0 Å². The third kappa shape index (κ3) is 1.35. The fourth-order valence-electron chi connectivity index (χ4n) is 2.98. The highest BCUT2D eigenvalue weighted by Gasteiger charge is 2.47. The summed E-state index contributed by atoms with van der Waals surface area (Å²) in [6.07, 6.45) is 2.85. The molecule has 0 aromatic carbocycles. The Morgan fingerprint density at radius 2 is 2.14 bits per heavy atom. The fraction of sp³-hybridized carbons (Fsp3) is 0.917. The quantitative estimate of drug-likeness (QED) is 0.663. The van der Waals surface area contributed by atoms with Gasteiger partial charge in [-0.3, -0.25) is 0 Å². The van der Waals surface area contributed by atoms with E-state index in [0.29, 0.717) is 23.9 Å². The summed E-state index contributed by atoms with van der Waals surface area (Å²) in [4.78, 5) is 5.58. The van der Waals surface area contributed by atoms with E-state index in [4.69, 9.17) is 4.84 Å². The molecule has 0 amide bonds. The van der Waals surface area contributed by atoms with Crippen molar-refractivity contribution in [2.45, 2.75) is 46.6 Å². The van der Waals surface area contributed by atoms with Crippen molar-refractivity contribution in [2.24, 2.45) is 28.8 Å². The van der Waals surface area contributed by atoms with Gasteiger partial charge in [0.25, 0.3) is 0 Å². The van der Waals surface area contributed by atoms with Gasteiger partial charge >= 0.3 is 0 Å². The van der Waals surface area contributed by atoms with Crippen LogP contribution < -0.4 is 0 Å². The van der Waals surface area contributed by atoms with Gasteiger partial charge in [-0.15, -0.1) is 0 Å². The van der Waals surface area contributed by atoms with E-state index in [1.54, 1.807) is 0 Å².